The van der Waals surface area contributed by atoms with Crippen molar-refractivity contribution in [3.8, 4) is 5.75 Å². The number of benzene rings is 1. The highest BCUT2D eigenvalue weighted by Crippen LogP contribution is 2.11. The number of amides is 3. The Balaban J connectivity index is 2.80. The Morgan fingerprint density at radius 3 is 2.00 bits per heavy atom. The smallest absolute Gasteiger partial charge is 0.326 e. The van der Waals surface area contributed by atoms with Crippen LogP contribution < -0.4 is 22.1 Å². The van der Waals surface area contributed by atoms with Gasteiger partial charge in [0.1, 0.15) is 17.8 Å². The maximum Gasteiger partial charge on any atom is 0.326 e. The van der Waals surface area contributed by atoms with Crippen LogP contribution in [0, 0.1) is 0 Å². The zero-order chi connectivity index (χ0) is 22.8. The Morgan fingerprint density at radius 2 is 1.50 bits per heavy atom. The van der Waals surface area contributed by atoms with Crippen LogP contribution in [0.3, 0.4) is 0 Å². The number of carboxylic acid groups (broad SMARTS) is 2. The van der Waals surface area contributed by atoms with Gasteiger partial charge in [0.25, 0.3) is 0 Å². The lowest BCUT2D eigenvalue weighted by Gasteiger charge is -2.22. The summed E-state index contributed by atoms with van der Waals surface area (Å²) in [5.41, 5.74) is 11.5. The van der Waals surface area contributed by atoms with Crippen LogP contribution in [0.25, 0.3) is 0 Å². The number of rotatable bonds is 12. The summed E-state index contributed by atoms with van der Waals surface area (Å²) < 4.78 is 0. The second kappa shape index (κ2) is 11.4. The summed E-state index contributed by atoms with van der Waals surface area (Å²) in [4.78, 5) is 57.8. The Labute approximate surface area is 171 Å². The lowest BCUT2D eigenvalue weighted by molar-refractivity contribution is -0.143. The van der Waals surface area contributed by atoms with Gasteiger partial charge in [-0.3, -0.25) is 19.2 Å². The van der Waals surface area contributed by atoms with Crippen LogP contribution in [0.5, 0.6) is 5.75 Å². The van der Waals surface area contributed by atoms with E-state index in [9.17, 15) is 29.1 Å². The van der Waals surface area contributed by atoms with Crippen molar-refractivity contribution in [2.75, 3.05) is 0 Å². The highest BCUT2D eigenvalue weighted by atomic mass is 16.4. The number of phenols is 1. The van der Waals surface area contributed by atoms with Crippen LogP contribution in [0.4, 0.5) is 0 Å². The van der Waals surface area contributed by atoms with E-state index in [1.165, 1.54) is 12.1 Å². The zero-order valence-electron chi connectivity index (χ0n) is 15.9. The summed E-state index contributed by atoms with van der Waals surface area (Å²) in [6.45, 7) is 0. The first-order valence-corrected chi connectivity index (χ1v) is 8.86. The van der Waals surface area contributed by atoms with E-state index >= 15 is 0 Å². The van der Waals surface area contributed by atoms with Gasteiger partial charge in [0.05, 0.1) is 12.5 Å². The van der Waals surface area contributed by atoms with Crippen molar-refractivity contribution < 1.29 is 39.3 Å². The van der Waals surface area contributed by atoms with Crippen molar-refractivity contribution in [1.82, 2.24) is 10.6 Å². The molecule has 3 amide bonds. The van der Waals surface area contributed by atoms with E-state index in [1.54, 1.807) is 12.1 Å². The first-order valence-electron chi connectivity index (χ1n) is 8.86. The molecule has 0 heterocycles. The quantitative estimate of drug-likeness (QED) is 0.198. The third-order valence-electron chi connectivity index (χ3n) is 4.03. The minimum Gasteiger partial charge on any atom is -0.508 e. The Kier molecular flexibility index (Phi) is 9.23. The first kappa shape index (κ1) is 24.4. The first-order chi connectivity index (χ1) is 14.0. The maximum absolute atomic E-state index is 12.4. The molecular weight excluding hydrogens is 400 g/mol. The molecule has 0 saturated heterocycles. The van der Waals surface area contributed by atoms with Gasteiger partial charge in [0.15, 0.2) is 0 Å². The highest BCUT2D eigenvalue weighted by molar-refractivity contribution is 5.94. The number of phenolic OH excluding ortho intramolecular Hbond substituents is 1. The monoisotopic (exact) mass is 424 g/mol. The average Bonchev–Trinajstić information content (AvgIpc) is 2.65. The van der Waals surface area contributed by atoms with Crippen LogP contribution >= 0.6 is 0 Å². The van der Waals surface area contributed by atoms with E-state index < -0.39 is 67.0 Å². The SMILES string of the molecule is NC(=O)C[C@H](NC(=O)[C@@H](N)Cc1ccc(O)cc1)C(=O)N[C@@H](CCC(=O)O)C(=O)O. The molecule has 3 atom stereocenters. The van der Waals surface area contributed by atoms with Crippen molar-refractivity contribution in [3.63, 3.8) is 0 Å². The molecule has 0 saturated carbocycles. The zero-order valence-corrected chi connectivity index (χ0v) is 15.9. The highest BCUT2D eigenvalue weighted by Gasteiger charge is 2.29. The fourth-order valence-electron chi connectivity index (χ4n) is 2.47. The molecule has 1 aromatic carbocycles. The number of carbonyl (C=O) groups excluding carboxylic acids is 3. The van der Waals surface area contributed by atoms with Crippen molar-refractivity contribution in [2.24, 2.45) is 11.5 Å². The normalized spacial score (nSPS) is 13.5. The van der Waals surface area contributed by atoms with Crippen LogP contribution in [0.15, 0.2) is 24.3 Å². The molecule has 0 unspecified atom stereocenters. The van der Waals surface area contributed by atoms with E-state index in [1.807, 2.05) is 0 Å². The van der Waals surface area contributed by atoms with E-state index in [2.05, 4.69) is 10.6 Å². The van der Waals surface area contributed by atoms with Gasteiger partial charge in [-0.25, -0.2) is 4.79 Å². The molecule has 12 heteroatoms. The summed E-state index contributed by atoms with van der Waals surface area (Å²) in [5, 5.41) is 31.4. The number of carbonyl (C=O) groups is 5. The predicted octanol–water partition coefficient (Wildman–Crippen LogP) is -1.94. The number of nitrogens with one attached hydrogen (secondary N) is 2. The van der Waals surface area contributed by atoms with Crippen LogP contribution in [0.2, 0.25) is 0 Å². The van der Waals surface area contributed by atoms with Gasteiger partial charge in [-0.1, -0.05) is 12.1 Å². The summed E-state index contributed by atoms with van der Waals surface area (Å²) in [6, 6.07) is 1.78. The molecule has 0 aliphatic carbocycles. The van der Waals surface area contributed by atoms with Crippen molar-refractivity contribution in [2.45, 2.75) is 43.8 Å². The minimum absolute atomic E-state index is 0.0332. The largest absolute Gasteiger partial charge is 0.508 e. The summed E-state index contributed by atoms with van der Waals surface area (Å²) in [6.07, 6.45) is -1.46. The number of primary amides is 1. The molecule has 0 aliphatic heterocycles. The molecule has 0 aliphatic rings. The standard InChI is InChI=1S/C18H24N4O8/c19-11(7-9-1-3-10(23)4-2-9)16(27)22-13(8-14(20)24)17(28)21-12(18(29)30)5-6-15(25)26/h1-4,11-13,23H,5-8,19H2,(H2,20,24)(H,21,28)(H,22,27)(H,25,26)(H,29,30)/t11-,12-,13-/m0/s1. The van der Waals surface area contributed by atoms with Crippen LogP contribution in [0.1, 0.15) is 24.8 Å². The van der Waals surface area contributed by atoms with Crippen molar-refractivity contribution in [3.05, 3.63) is 29.8 Å². The molecular formula is C18H24N4O8. The molecule has 0 fully saturated rings. The summed E-state index contributed by atoms with van der Waals surface area (Å²) in [5.74, 6) is -5.43. The van der Waals surface area contributed by atoms with E-state index in [0.717, 1.165) is 0 Å². The molecule has 9 N–H and O–H groups in total. The number of hydrogen-bond acceptors (Lipinski definition) is 7. The summed E-state index contributed by atoms with van der Waals surface area (Å²) >= 11 is 0. The molecule has 12 nitrogen and oxygen atoms in total. The second-order valence-electron chi connectivity index (χ2n) is 6.54. The Hall–Kier alpha value is -3.67. The fourth-order valence-corrected chi connectivity index (χ4v) is 2.47. The topological polar surface area (TPSA) is 222 Å². The third-order valence-corrected chi connectivity index (χ3v) is 4.03. The predicted molar refractivity (Wildman–Crippen MR) is 102 cm³/mol. The van der Waals surface area contributed by atoms with Crippen LogP contribution in [-0.4, -0.2) is 63.1 Å². The van der Waals surface area contributed by atoms with E-state index in [4.69, 9.17) is 21.7 Å². The lowest BCUT2D eigenvalue weighted by atomic mass is 10.0. The molecule has 164 valence electrons. The molecule has 0 aromatic heterocycles. The Bertz CT molecular complexity index is 796. The molecule has 30 heavy (non-hydrogen) atoms. The minimum atomic E-state index is -1.54. The number of carboxylic acids is 2. The van der Waals surface area contributed by atoms with Crippen LogP contribution in [-0.2, 0) is 30.4 Å². The van der Waals surface area contributed by atoms with Gasteiger partial charge < -0.3 is 37.4 Å². The number of nitrogens with two attached hydrogens (primary N) is 2. The van der Waals surface area contributed by atoms with Gasteiger partial charge in [-0.2, -0.15) is 0 Å². The van der Waals surface area contributed by atoms with Crippen molar-refractivity contribution in [1.29, 1.82) is 0 Å². The average molecular weight is 424 g/mol. The van der Waals surface area contributed by atoms with Gasteiger partial charge in [0, 0.05) is 6.42 Å². The number of aliphatic carboxylic acids is 2. The molecule has 0 spiro atoms. The number of hydrogen-bond donors (Lipinski definition) is 7. The maximum atomic E-state index is 12.4. The van der Waals surface area contributed by atoms with Gasteiger partial charge in [-0.05, 0) is 30.5 Å². The lowest BCUT2D eigenvalue weighted by Crippen LogP contribution is -2.55. The summed E-state index contributed by atoms with van der Waals surface area (Å²) in [7, 11) is 0. The van der Waals surface area contributed by atoms with Gasteiger partial charge in [0.2, 0.25) is 17.7 Å². The molecule has 1 rings (SSSR count). The van der Waals surface area contributed by atoms with Gasteiger partial charge >= 0.3 is 11.9 Å². The third kappa shape index (κ3) is 8.56. The fraction of sp³-hybridized carbons (Fsp3) is 0.389. The van der Waals surface area contributed by atoms with E-state index in [0.29, 0.717) is 5.56 Å². The number of aromatic hydroxyl groups is 1. The molecule has 0 radical (unpaired) electrons. The Morgan fingerprint density at radius 1 is 0.933 bits per heavy atom. The van der Waals surface area contributed by atoms with E-state index in [-0.39, 0.29) is 12.2 Å². The molecule has 0 bridgehead atoms. The van der Waals surface area contributed by atoms with Crippen molar-refractivity contribution >= 4 is 29.7 Å². The molecule has 1 aromatic rings. The van der Waals surface area contributed by atoms with Gasteiger partial charge in [-0.15, -0.1) is 0 Å². The second-order valence-corrected chi connectivity index (χ2v) is 6.54.